The number of anilines is 1. The Kier molecular flexibility index (Phi) is 5.75. The molecule has 0 atom stereocenters. The van der Waals surface area contributed by atoms with E-state index < -0.39 is 5.63 Å². The molecule has 2 aromatic carbocycles. The van der Waals surface area contributed by atoms with Crippen molar-refractivity contribution in [1.82, 2.24) is 0 Å². The van der Waals surface area contributed by atoms with Crippen LogP contribution in [0.1, 0.15) is 36.5 Å². The van der Waals surface area contributed by atoms with Gasteiger partial charge in [-0.15, -0.1) is 0 Å². The molecule has 3 aromatic rings. The molecule has 0 bridgehead atoms. The molecule has 0 spiro atoms. The van der Waals surface area contributed by atoms with Crippen molar-refractivity contribution in [2.75, 3.05) is 11.9 Å². The van der Waals surface area contributed by atoms with Gasteiger partial charge in [-0.05, 0) is 42.5 Å². The normalized spacial score (nSPS) is 11.1. The minimum Gasteiger partial charge on any atom is -0.482 e. The molecule has 1 aromatic heterocycles. The highest BCUT2D eigenvalue weighted by atomic mass is 35.5. The van der Waals surface area contributed by atoms with Crippen LogP contribution in [0.4, 0.5) is 5.69 Å². The van der Waals surface area contributed by atoms with Crippen LogP contribution in [-0.4, -0.2) is 12.5 Å². The van der Waals surface area contributed by atoms with Crippen molar-refractivity contribution >= 4 is 34.2 Å². The predicted molar refractivity (Wildman–Crippen MR) is 112 cm³/mol. The number of benzene rings is 2. The molecule has 5 nitrogen and oxygen atoms in total. The molecule has 28 heavy (non-hydrogen) atoms. The maximum atomic E-state index is 12.4. The first-order valence-corrected chi connectivity index (χ1v) is 9.40. The molecule has 0 unspecified atom stereocenters. The van der Waals surface area contributed by atoms with Gasteiger partial charge in [0.15, 0.2) is 6.61 Å². The number of hydrogen-bond acceptors (Lipinski definition) is 4. The Balaban J connectivity index is 1.79. The summed E-state index contributed by atoms with van der Waals surface area (Å²) >= 11 is 6.27. The number of para-hydroxylation sites is 1. The van der Waals surface area contributed by atoms with E-state index in [9.17, 15) is 9.59 Å². The second kappa shape index (κ2) is 8.07. The first-order chi connectivity index (χ1) is 13.3. The lowest BCUT2D eigenvalue weighted by Crippen LogP contribution is -2.21. The van der Waals surface area contributed by atoms with Gasteiger partial charge in [-0.3, -0.25) is 4.79 Å². The fourth-order valence-electron chi connectivity index (χ4n) is 3.09. The minimum absolute atomic E-state index is 0.215. The van der Waals surface area contributed by atoms with Gasteiger partial charge in [0.25, 0.3) is 5.91 Å². The highest BCUT2D eigenvalue weighted by Gasteiger charge is 2.14. The molecule has 0 aliphatic rings. The van der Waals surface area contributed by atoms with Crippen LogP contribution >= 0.6 is 11.6 Å². The standard InChI is InChI=1S/C22H22ClNO4/c1-12(2)15-7-5-6-13(3)22(15)24-20(25)11-27-19-10-18-16(9-17(19)23)14(4)8-21(26)28-18/h5-10,12H,11H2,1-4H3,(H,24,25). The number of ether oxygens (including phenoxy) is 1. The van der Waals surface area contributed by atoms with Gasteiger partial charge in [0.1, 0.15) is 11.3 Å². The van der Waals surface area contributed by atoms with Gasteiger partial charge in [0.05, 0.1) is 5.02 Å². The van der Waals surface area contributed by atoms with E-state index in [1.54, 1.807) is 13.0 Å². The molecule has 0 saturated heterocycles. The number of hydrogen-bond donors (Lipinski definition) is 1. The summed E-state index contributed by atoms with van der Waals surface area (Å²) in [5, 5.41) is 3.99. The van der Waals surface area contributed by atoms with Gasteiger partial charge in [-0.1, -0.05) is 43.6 Å². The summed E-state index contributed by atoms with van der Waals surface area (Å²) in [5.41, 5.74) is 3.54. The Labute approximate surface area is 168 Å². The fraction of sp³-hybridized carbons (Fsp3) is 0.273. The molecule has 1 amide bonds. The van der Waals surface area contributed by atoms with Gasteiger partial charge in [-0.25, -0.2) is 4.79 Å². The van der Waals surface area contributed by atoms with E-state index in [1.165, 1.54) is 12.1 Å². The molecular weight excluding hydrogens is 378 g/mol. The number of carbonyl (C=O) groups is 1. The quantitative estimate of drug-likeness (QED) is 0.598. The van der Waals surface area contributed by atoms with Crippen LogP contribution in [0, 0.1) is 13.8 Å². The molecule has 0 saturated carbocycles. The van der Waals surface area contributed by atoms with Crippen LogP contribution < -0.4 is 15.7 Å². The van der Waals surface area contributed by atoms with Crippen LogP contribution in [0.5, 0.6) is 5.75 Å². The van der Waals surface area contributed by atoms with Crippen molar-refractivity contribution < 1.29 is 13.9 Å². The lowest BCUT2D eigenvalue weighted by molar-refractivity contribution is -0.118. The summed E-state index contributed by atoms with van der Waals surface area (Å²) in [6, 6.07) is 10.5. The summed E-state index contributed by atoms with van der Waals surface area (Å²) in [5.74, 6) is 0.266. The van der Waals surface area contributed by atoms with Crippen molar-refractivity contribution in [2.45, 2.75) is 33.6 Å². The maximum absolute atomic E-state index is 12.4. The molecule has 0 aliphatic carbocycles. The van der Waals surface area contributed by atoms with Crippen molar-refractivity contribution in [3.63, 3.8) is 0 Å². The summed E-state index contributed by atoms with van der Waals surface area (Å²) in [4.78, 5) is 24.0. The number of fused-ring (bicyclic) bond motifs is 1. The van der Waals surface area contributed by atoms with E-state index in [4.69, 9.17) is 20.8 Å². The molecule has 0 aliphatic heterocycles. The van der Waals surface area contributed by atoms with Crippen LogP contribution in [-0.2, 0) is 4.79 Å². The van der Waals surface area contributed by atoms with E-state index in [0.29, 0.717) is 10.6 Å². The number of rotatable bonds is 5. The molecular formula is C22H22ClNO4. The number of amides is 1. The predicted octanol–water partition coefficient (Wildman–Crippen LogP) is 5.20. The summed E-state index contributed by atoms with van der Waals surface area (Å²) in [6.07, 6.45) is 0. The summed E-state index contributed by atoms with van der Waals surface area (Å²) in [7, 11) is 0. The second-order valence-corrected chi connectivity index (χ2v) is 7.47. The molecule has 1 heterocycles. The third-order valence-corrected chi connectivity index (χ3v) is 4.85. The number of nitrogens with one attached hydrogen (secondary N) is 1. The summed E-state index contributed by atoms with van der Waals surface area (Å²) in [6.45, 7) is 7.69. The van der Waals surface area contributed by atoms with E-state index in [1.807, 2.05) is 25.1 Å². The molecule has 0 radical (unpaired) electrons. The number of carbonyl (C=O) groups excluding carboxylic acids is 1. The van der Waals surface area contributed by atoms with Gasteiger partial charge in [0.2, 0.25) is 0 Å². The summed E-state index contributed by atoms with van der Waals surface area (Å²) < 4.78 is 10.8. The minimum atomic E-state index is -0.447. The Bertz CT molecular complexity index is 1100. The monoisotopic (exact) mass is 399 g/mol. The zero-order valence-corrected chi connectivity index (χ0v) is 17.0. The highest BCUT2D eigenvalue weighted by Crippen LogP contribution is 2.31. The molecule has 146 valence electrons. The first-order valence-electron chi connectivity index (χ1n) is 9.02. The van der Waals surface area contributed by atoms with Crippen LogP contribution in [0.25, 0.3) is 11.0 Å². The molecule has 6 heteroatoms. The first kappa shape index (κ1) is 20.0. The third kappa shape index (κ3) is 4.20. The number of aryl methyl sites for hydroxylation is 2. The van der Waals surface area contributed by atoms with E-state index in [-0.39, 0.29) is 24.2 Å². The molecule has 0 fully saturated rings. The van der Waals surface area contributed by atoms with Gasteiger partial charge < -0.3 is 14.5 Å². The Morgan fingerprint density at radius 3 is 2.64 bits per heavy atom. The second-order valence-electron chi connectivity index (χ2n) is 7.06. The lowest BCUT2D eigenvalue weighted by atomic mass is 9.98. The van der Waals surface area contributed by atoms with E-state index in [2.05, 4.69) is 19.2 Å². The molecule has 3 rings (SSSR count). The average Bonchev–Trinajstić information content (AvgIpc) is 2.62. The van der Waals surface area contributed by atoms with Crippen molar-refractivity contribution in [3.8, 4) is 5.75 Å². The third-order valence-electron chi connectivity index (χ3n) is 4.55. The highest BCUT2D eigenvalue weighted by molar-refractivity contribution is 6.32. The van der Waals surface area contributed by atoms with Crippen LogP contribution in [0.2, 0.25) is 5.02 Å². The average molecular weight is 400 g/mol. The smallest absolute Gasteiger partial charge is 0.336 e. The maximum Gasteiger partial charge on any atom is 0.336 e. The van der Waals surface area contributed by atoms with Gasteiger partial charge >= 0.3 is 5.63 Å². The van der Waals surface area contributed by atoms with Crippen LogP contribution in [0.3, 0.4) is 0 Å². The number of halogens is 1. The SMILES string of the molecule is Cc1cccc(C(C)C)c1NC(=O)COc1cc2oc(=O)cc(C)c2cc1Cl. The van der Waals surface area contributed by atoms with Crippen molar-refractivity contribution in [2.24, 2.45) is 0 Å². The van der Waals surface area contributed by atoms with Crippen molar-refractivity contribution in [3.05, 3.63) is 68.5 Å². The van der Waals surface area contributed by atoms with E-state index in [0.717, 1.165) is 27.8 Å². The topological polar surface area (TPSA) is 68.5 Å². The van der Waals surface area contributed by atoms with Gasteiger partial charge in [0, 0.05) is 23.2 Å². The van der Waals surface area contributed by atoms with Crippen molar-refractivity contribution in [1.29, 1.82) is 0 Å². The zero-order valence-electron chi connectivity index (χ0n) is 16.3. The zero-order chi connectivity index (χ0) is 20.4. The Morgan fingerprint density at radius 1 is 1.18 bits per heavy atom. The Morgan fingerprint density at radius 2 is 1.93 bits per heavy atom. The van der Waals surface area contributed by atoms with Gasteiger partial charge in [-0.2, -0.15) is 0 Å². The fourth-order valence-corrected chi connectivity index (χ4v) is 3.31. The Hall–Kier alpha value is -2.79. The largest absolute Gasteiger partial charge is 0.482 e. The lowest BCUT2D eigenvalue weighted by Gasteiger charge is -2.17. The van der Waals surface area contributed by atoms with Crippen LogP contribution in [0.15, 0.2) is 45.6 Å². The molecule has 1 N–H and O–H groups in total. The van der Waals surface area contributed by atoms with E-state index >= 15 is 0 Å².